The van der Waals surface area contributed by atoms with E-state index in [0.29, 0.717) is 4.32 Å². The Labute approximate surface area is 177 Å². The van der Waals surface area contributed by atoms with E-state index in [0.717, 1.165) is 13.1 Å². The summed E-state index contributed by atoms with van der Waals surface area (Å²) in [5.41, 5.74) is 2.45. The number of hydrogen-bond acceptors (Lipinski definition) is 2. The largest absolute Gasteiger partial charge is 0.411 e. The summed E-state index contributed by atoms with van der Waals surface area (Å²) in [4.78, 5) is 2.04. The Balaban J connectivity index is 0.000000345. The molecule has 0 radical (unpaired) electrons. The van der Waals surface area contributed by atoms with Gasteiger partial charge in [-0.25, -0.2) is 0 Å². The fraction of sp³-hybridized carbons (Fsp3) is 0.435. The van der Waals surface area contributed by atoms with E-state index in [9.17, 15) is 0 Å². The van der Waals surface area contributed by atoms with Gasteiger partial charge in [0.25, 0.3) is 0 Å². The number of benzene rings is 2. The first-order valence-corrected chi connectivity index (χ1v) is 10.7. The molecule has 0 aliphatic rings. The van der Waals surface area contributed by atoms with Gasteiger partial charge >= 0.3 is 0 Å². The van der Waals surface area contributed by atoms with E-state index in [1.807, 2.05) is 41.3 Å². The van der Waals surface area contributed by atoms with E-state index >= 15 is 0 Å². The molecule has 4 heteroatoms. The van der Waals surface area contributed by atoms with Crippen molar-refractivity contribution in [3.05, 3.63) is 71.8 Å². The third-order valence-electron chi connectivity index (χ3n) is 5.37. The van der Waals surface area contributed by atoms with Crippen molar-refractivity contribution >= 4 is 29.2 Å². The number of nitrogens with zero attached hydrogens (tertiary/aromatic N) is 2. The Bertz CT molecular complexity index is 581. The fourth-order valence-electron chi connectivity index (χ4n) is 3.13. The third-order valence-corrected chi connectivity index (χ3v) is 5.89. The van der Waals surface area contributed by atoms with Crippen molar-refractivity contribution < 1.29 is 4.48 Å². The SMILES string of the molecule is CC[N+](CC)(CC)CC.S=C([S-])N(Cc1ccccc1)Cc1ccccc1. The van der Waals surface area contributed by atoms with E-state index in [2.05, 4.69) is 52.0 Å². The van der Waals surface area contributed by atoms with Gasteiger partial charge in [-0.1, -0.05) is 65.0 Å². The minimum Gasteiger partial charge on any atom is -0.411 e. The van der Waals surface area contributed by atoms with Gasteiger partial charge in [0.15, 0.2) is 0 Å². The highest BCUT2D eigenvalue weighted by Crippen LogP contribution is 2.10. The molecule has 148 valence electrons. The minimum atomic E-state index is 0.516. The van der Waals surface area contributed by atoms with Crippen molar-refractivity contribution in [2.45, 2.75) is 40.8 Å². The Kier molecular flexibility index (Phi) is 11.2. The average Bonchev–Trinajstić information content (AvgIpc) is 2.72. The van der Waals surface area contributed by atoms with Crippen molar-refractivity contribution in [2.24, 2.45) is 0 Å². The molecule has 0 unspecified atom stereocenters. The molecule has 0 heterocycles. The van der Waals surface area contributed by atoms with Crippen molar-refractivity contribution in [3.8, 4) is 0 Å². The quantitative estimate of drug-likeness (QED) is 0.330. The molecule has 2 aromatic carbocycles. The maximum Gasteiger partial charge on any atom is 0.0757 e. The van der Waals surface area contributed by atoms with Crippen molar-refractivity contribution in [1.29, 1.82) is 0 Å². The smallest absolute Gasteiger partial charge is 0.0757 e. The van der Waals surface area contributed by atoms with Gasteiger partial charge in [0, 0.05) is 13.1 Å². The van der Waals surface area contributed by atoms with Gasteiger partial charge in [-0.15, -0.1) is 0 Å². The monoisotopic (exact) mass is 402 g/mol. The lowest BCUT2D eigenvalue weighted by Crippen LogP contribution is -2.47. The molecule has 0 bridgehead atoms. The Morgan fingerprint density at radius 3 is 1.30 bits per heavy atom. The molecule has 2 aromatic rings. The summed E-state index contributed by atoms with van der Waals surface area (Å²) in [6.07, 6.45) is 0. The summed E-state index contributed by atoms with van der Waals surface area (Å²) in [6.45, 7) is 15.7. The molecular weight excluding hydrogens is 368 g/mol. The Morgan fingerprint density at radius 2 is 1.07 bits per heavy atom. The maximum absolute atomic E-state index is 5.16. The van der Waals surface area contributed by atoms with Gasteiger partial charge in [0.2, 0.25) is 0 Å². The summed E-state index contributed by atoms with van der Waals surface area (Å²) in [5.74, 6) is 0. The summed E-state index contributed by atoms with van der Waals surface area (Å²) in [7, 11) is 0. The molecule has 2 nitrogen and oxygen atoms in total. The van der Waals surface area contributed by atoms with E-state index < -0.39 is 0 Å². The molecule has 0 aliphatic carbocycles. The van der Waals surface area contributed by atoms with E-state index in [1.54, 1.807) is 0 Å². The van der Waals surface area contributed by atoms with Crippen LogP contribution in [-0.2, 0) is 25.7 Å². The van der Waals surface area contributed by atoms with Crippen molar-refractivity contribution in [3.63, 3.8) is 0 Å². The molecule has 0 N–H and O–H groups in total. The lowest BCUT2D eigenvalue weighted by atomic mass is 10.2. The molecule has 2 rings (SSSR count). The highest BCUT2D eigenvalue weighted by atomic mass is 32.1. The molecule has 0 amide bonds. The van der Waals surface area contributed by atoms with E-state index in [1.165, 1.54) is 41.8 Å². The first-order chi connectivity index (χ1) is 13.0. The second-order valence-corrected chi connectivity index (χ2v) is 7.73. The zero-order chi connectivity index (χ0) is 20.1. The minimum absolute atomic E-state index is 0.516. The summed E-state index contributed by atoms with van der Waals surface area (Å²) >= 11 is 10.3. The van der Waals surface area contributed by atoms with Crippen molar-refractivity contribution in [2.75, 3.05) is 26.2 Å². The summed E-state index contributed by atoms with van der Waals surface area (Å²) in [6, 6.07) is 20.5. The first-order valence-electron chi connectivity index (χ1n) is 9.89. The van der Waals surface area contributed by atoms with Crippen LogP contribution in [0.4, 0.5) is 0 Å². The molecule has 0 aromatic heterocycles. The lowest BCUT2D eigenvalue weighted by Gasteiger charge is -2.34. The van der Waals surface area contributed by atoms with Crippen LogP contribution in [0.2, 0.25) is 0 Å². The molecular formula is C23H34N2S2. The van der Waals surface area contributed by atoms with Crippen LogP contribution in [0.1, 0.15) is 38.8 Å². The number of rotatable bonds is 8. The van der Waals surface area contributed by atoms with Gasteiger partial charge in [-0.3, -0.25) is 0 Å². The van der Waals surface area contributed by atoms with Gasteiger partial charge in [-0.05, 0) is 38.8 Å². The molecule has 0 fully saturated rings. The fourth-order valence-corrected chi connectivity index (χ4v) is 3.39. The van der Waals surface area contributed by atoms with E-state index in [-0.39, 0.29) is 0 Å². The molecule has 0 spiro atoms. The van der Waals surface area contributed by atoms with Crippen molar-refractivity contribution in [1.82, 2.24) is 4.90 Å². The van der Waals surface area contributed by atoms with Crippen LogP contribution < -0.4 is 0 Å². The molecule has 0 aliphatic heterocycles. The van der Waals surface area contributed by atoms with Gasteiger partial charge in [-0.2, -0.15) is 0 Å². The Hall–Kier alpha value is -1.49. The zero-order valence-corrected chi connectivity index (χ0v) is 18.9. The predicted octanol–water partition coefficient (Wildman–Crippen LogP) is 5.40. The highest BCUT2D eigenvalue weighted by Gasteiger charge is 2.16. The number of quaternary nitrogens is 1. The summed E-state index contributed by atoms with van der Waals surface area (Å²) < 4.78 is 1.79. The van der Waals surface area contributed by atoms with Crippen LogP contribution in [0, 0.1) is 0 Å². The van der Waals surface area contributed by atoms with Crippen LogP contribution in [0.5, 0.6) is 0 Å². The third kappa shape index (κ3) is 8.37. The van der Waals surface area contributed by atoms with Crippen LogP contribution >= 0.6 is 12.2 Å². The average molecular weight is 403 g/mol. The van der Waals surface area contributed by atoms with Crippen LogP contribution in [-0.4, -0.2) is 39.9 Å². The number of thiocarbonyl (C=S) groups is 1. The van der Waals surface area contributed by atoms with Crippen LogP contribution in [0.25, 0.3) is 0 Å². The van der Waals surface area contributed by atoms with Crippen LogP contribution in [0.15, 0.2) is 60.7 Å². The Morgan fingerprint density at radius 1 is 0.741 bits per heavy atom. The highest BCUT2D eigenvalue weighted by molar-refractivity contribution is 8.00. The van der Waals surface area contributed by atoms with E-state index in [4.69, 9.17) is 24.8 Å². The van der Waals surface area contributed by atoms with Crippen LogP contribution in [0.3, 0.4) is 0 Å². The lowest BCUT2D eigenvalue weighted by molar-refractivity contribution is -0.921. The van der Waals surface area contributed by atoms with Gasteiger partial charge < -0.3 is 34.2 Å². The molecule has 0 saturated carbocycles. The molecule has 0 saturated heterocycles. The topological polar surface area (TPSA) is 3.24 Å². The molecule has 0 atom stereocenters. The molecule has 27 heavy (non-hydrogen) atoms. The normalized spacial score (nSPS) is 10.7. The van der Waals surface area contributed by atoms with Gasteiger partial charge in [0.05, 0.1) is 26.2 Å². The first kappa shape index (κ1) is 23.5. The van der Waals surface area contributed by atoms with Gasteiger partial charge in [0.1, 0.15) is 0 Å². The zero-order valence-electron chi connectivity index (χ0n) is 17.2. The second kappa shape index (κ2) is 12.8. The second-order valence-electron chi connectivity index (χ2n) is 6.70. The maximum atomic E-state index is 5.16. The predicted molar refractivity (Wildman–Crippen MR) is 125 cm³/mol. The summed E-state index contributed by atoms with van der Waals surface area (Å²) in [5, 5.41) is 0. The number of hydrogen-bond donors (Lipinski definition) is 0. The standard InChI is InChI=1S/C15H15NS2.C8H20N/c17-15(18)16(11-13-7-3-1-4-8-13)12-14-9-5-2-6-10-14;1-5-9(6-2,7-3)8-4/h1-10H,11-12H2,(H,17,18);5-8H2,1-4H3/q;+1/p-1.